The van der Waals surface area contributed by atoms with Crippen LogP contribution in [0.15, 0.2) is 35.3 Å². The first-order valence-corrected chi connectivity index (χ1v) is 7.82. The Morgan fingerprint density at radius 2 is 1.55 bits per heavy atom. The van der Waals surface area contributed by atoms with Crippen molar-refractivity contribution >= 4 is 5.71 Å². The molecule has 4 bridgehead atoms. The van der Waals surface area contributed by atoms with Gasteiger partial charge in [-0.05, 0) is 56.3 Å². The molecule has 0 spiro atoms. The van der Waals surface area contributed by atoms with Crippen LogP contribution in [0.2, 0.25) is 0 Å². The van der Waals surface area contributed by atoms with Crippen molar-refractivity contribution in [3.63, 3.8) is 0 Å². The van der Waals surface area contributed by atoms with Crippen molar-refractivity contribution in [2.24, 2.45) is 22.7 Å². The normalized spacial score (nSPS) is 38.8. The second-order valence-corrected chi connectivity index (χ2v) is 7.08. The van der Waals surface area contributed by atoms with E-state index < -0.39 is 0 Å². The average molecular weight is 264 g/mol. The Morgan fingerprint density at radius 1 is 1.00 bits per heavy atom. The van der Waals surface area contributed by atoms with Gasteiger partial charge in [0.25, 0.3) is 0 Å². The molecule has 1 aromatic rings. The Hall–Kier alpha value is -1.62. The van der Waals surface area contributed by atoms with E-state index in [9.17, 15) is 5.26 Å². The van der Waals surface area contributed by atoms with E-state index in [4.69, 9.17) is 4.99 Å². The molecule has 4 fully saturated rings. The summed E-state index contributed by atoms with van der Waals surface area (Å²) < 4.78 is 0. The summed E-state index contributed by atoms with van der Waals surface area (Å²) in [6.45, 7) is 0. The van der Waals surface area contributed by atoms with E-state index in [0.29, 0.717) is 5.71 Å². The zero-order valence-corrected chi connectivity index (χ0v) is 11.8. The third kappa shape index (κ3) is 1.97. The molecular weight excluding hydrogens is 244 g/mol. The molecule has 0 heterocycles. The predicted molar refractivity (Wildman–Crippen MR) is 79.5 cm³/mol. The van der Waals surface area contributed by atoms with Crippen molar-refractivity contribution < 1.29 is 0 Å². The van der Waals surface area contributed by atoms with E-state index in [0.717, 1.165) is 23.3 Å². The lowest BCUT2D eigenvalue weighted by Crippen LogP contribution is -2.49. The highest BCUT2D eigenvalue weighted by atomic mass is 14.9. The molecule has 0 saturated heterocycles. The zero-order chi connectivity index (χ0) is 13.6. The zero-order valence-electron chi connectivity index (χ0n) is 11.8. The lowest BCUT2D eigenvalue weighted by Gasteiger charge is -2.55. The number of nitriles is 1. The van der Waals surface area contributed by atoms with E-state index in [1.54, 1.807) is 0 Å². The molecule has 4 saturated carbocycles. The van der Waals surface area contributed by atoms with E-state index in [1.807, 2.05) is 30.3 Å². The molecule has 0 N–H and O–H groups in total. The largest absolute Gasteiger partial charge is 0.267 e. The summed E-state index contributed by atoms with van der Waals surface area (Å²) in [6, 6.07) is 12.3. The lowest BCUT2D eigenvalue weighted by atomic mass is 9.53. The second kappa shape index (κ2) is 4.45. The van der Waals surface area contributed by atoms with Crippen molar-refractivity contribution in [3.05, 3.63) is 35.9 Å². The molecule has 20 heavy (non-hydrogen) atoms. The molecule has 102 valence electrons. The van der Waals surface area contributed by atoms with Crippen molar-refractivity contribution in [3.8, 4) is 6.07 Å². The maximum atomic E-state index is 9.50. The van der Waals surface area contributed by atoms with Gasteiger partial charge < -0.3 is 0 Å². The Bertz CT molecular complexity index is 544. The van der Waals surface area contributed by atoms with Gasteiger partial charge in [0, 0.05) is 5.56 Å². The molecule has 0 unspecified atom stereocenters. The molecule has 1 aromatic carbocycles. The van der Waals surface area contributed by atoms with Crippen LogP contribution in [0, 0.1) is 29.1 Å². The topological polar surface area (TPSA) is 36.1 Å². The first-order chi connectivity index (χ1) is 9.76. The van der Waals surface area contributed by atoms with Crippen LogP contribution in [0.1, 0.15) is 44.1 Å². The number of aliphatic imine (C=N–C) groups is 1. The van der Waals surface area contributed by atoms with E-state index >= 15 is 0 Å². The van der Waals surface area contributed by atoms with Crippen LogP contribution in [0.5, 0.6) is 0 Å². The number of hydrogen-bond donors (Lipinski definition) is 0. The van der Waals surface area contributed by atoms with Gasteiger partial charge in [-0.25, -0.2) is 0 Å². The van der Waals surface area contributed by atoms with Gasteiger partial charge in [0.05, 0.1) is 5.54 Å². The maximum absolute atomic E-state index is 9.50. The van der Waals surface area contributed by atoms with Crippen LogP contribution in [-0.2, 0) is 0 Å². The molecule has 0 aliphatic heterocycles. The van der Waals surface area contributed by atoms with E-state index in [-0.39, 0.29) is 5.54 Å². The van der Waals surface area contributed by atoms with Crippen LogP contribution in [0.25, 0.3) is 0 Å². The summed E-state index contributed by atoms with van der Waals surface area (Å²) >= 11 is 0. The summed E-state index contributed by atoms with van der Waals surface area (Å²) in [5.41, 5.74) is 1.72. The smallest absolute Gasteiger partial charge is 0.142 e. The minimum absolute atomic E-state index is 0.0929. The molecule has 0 atom stereocenters. The van der Waals surface area contributed by atoms with Gasteiger partial charge in [0.1, 0.15) is 11.8 Å². The van der Waals surface area contributed by atoms with Crippen LogP contribution in [0.3, 0.4) is 0 Å². The van der Waals surface area contributed by atoms with E-state index in [2.05, 4.69) is 6.07 Å². The fourth-order valence-electron chi connectivity index (χ4n) is 5.19. The van der Waals surface area contributed by atoms with Crippen LogP contribution >= 0.6 is 0 Å². The Labute approximate surface area is 120 Å². The number of rotatable bonds is 2. The average Bonchev–Trinajstić information content (AvgIpc) is 2.44. The third-order valence-electron chi connectivity index (χ3n) is 5.51. The quantitative estimate of drug-likeness (QED) is 0.744. The minimum Gasteiger partial charge on any atom is -0.267 e. The second-order valence-electron chi connectivity index (χ2n) is 7.08. The fraction of sp³-hybridized carbons (Fsp3) is 0.556. The summed E-state index contributed by atoms with van der Waals surface area (Å²) in [5.74, 6) is 2.63. The molecule has 0 aromatic heterocycles. The fourth-order valence-corrected chi connectivity index (χ4v) is 5.19. The lowest BCUT2D eigenvalue weighted by molar-refractivity contribution is 0.00178. The molecule has 2 nitrogen and oxygen atoms in total. The third-order valence-corrected chi connectivity index (χ3v) is 5.51. The highest BCUT2D eigenvalue weighted by Gasteiger charge is 2.51. The Balaban J connectivity index is 1.70. The summed E-state index contributed by atoms with van der Waals surface area (Å²) in [6.07, 6.45) is 7.91. The highest BCUT2D eigenvalue weighted by Crippen LogP contribution is 2.57. The number of hydrogen-bond acceptors (Lipinski definition) is 2. The van der Waals surface area contributed by atoms with Crippen molar-refractivity contribution in [1.82, 2.24) is 0 Å². The van der Waals surface area contributed by atoms with Crippen molar-refractivity contribution in [2.75, 3.05) is 0 Å². The van der Waals surface area contributed by atoms with Crippen molar-refractivity contribution in [2.45, 2.75) is 44.1 Å². The summed E-state index contributed by atoms with van der Waals surface area (Å²) in [7, 11) is 0. The van der Waals surface area contributed by atoms with Gasteiger partial charge in [-0.2, -0.15) is 5.26 Å². The maximum Gasteiger partial charge on any atom is 0.142 e. The van der Waals surface area contributed by atoms with Crippen molar-refractivity contribution in [1.29, 1.82) is 5.26 Å². The van der Waals surface area contributed by atoms with Crippen LogP contribution in [-0.4, -0.2) is 11.3 Å². The van der Waals surface area contributed by atoms with Gasteiger partial charge in [-0.15, -0.1) is 0 Å². The van der Waals surface area contributed by atoms with Gasteiger partial charge in [-0.1, -0.05) is 30.3 Å². The number of nitrogens with zero attached hydrogens (tertiary/aromatic N) is 2. The highest BCUT2D eigenvalue weighted by molar-refractivity contribution is 6.11. The molecule has 2 heteroatoms. The predicted octanol–water partition coefficient (Wildman–Crippen LogP) is 3.97. The molecule has 4 aliphatic rings. The SMILES string of the molecule is N#CC(=NC12CC3CC(CC(C3)C1)C2)c1ccccc1. The Morgan fingerprint density at radius 3 is 2.05 bits per heavy atom. The summed E-state index contributed by atoms with van der Waals surface area (Å²) in [5, 5.41) is 9.50. The van der Waals surface area contributed by atoms with Gasteiger partial charge >= 0.3 is 0 Å². The van der Waals surface area contributed by atoms with Crippen LogP contribution in [0.4, 0.5) is 0 Å². The van der Waals surface area contributed by atoms with Crippen LogP contribution < -0.4 is 0 Å². The molecule has 0 radical (unpaired) electrons. The molecule has 5 rings (SSSR count). The first kappa shape index (κ1) is 12.1. The Kier molecular flexibility index (Phi) is 2.70. The molecule has 0 amide bonds. The molecular formula is C18H20N2. The standard InChI is InChI=1S/C18H20N2/c19-12-17(16-4-2-1-3-5-16)20-18-9-13-6-14(10-18)8-15(7-13)11-18/h1-5,13-15H,6-11H2. The first-order valence-electron chi connectivity index (χ1n) is 7.82. The molecule has 4 aliphatic carbocycles. The van der Waals surface area contributed by atoms with Gasteiger partial charge in [0.2, 0.25) is 0 Å². The van der Waals surface area contributed by atoms with E-state index in [1.165, 1.54) is 38.5 Å². The minimum atomic E-state index is 0.0929. The monoisotopic (exact) mass is 264 g/mol. The van der Waals surface area contributed by atoms with Gasteiger partial charge in [-0.3, -0.25) is 4.99 Å². The summed E-state index contributed by atoms with van der Waals surface area (Å²) in [4.78, 5) is 5.01. The number of benzene rings is 1. The van der Waals surface area contributed by atoms with Gasteiger partial charge in [0.15, 0.2) is 0 Å².